The minimum atomic E-state index is -0.970. The fourth-order valence-electron chi connectivity index (χ4n) is 3.52. The zero-order chi connectivity index (χ0) is 15.8. The van der Waals surface area contributed by atoms with Crippen LogP contribution in [0.15, 0.2) is 36.9 Å². The Bertz CT molecular complexity index is 633. The number of nitrogens with zero attached hydrogens (tertiary/aromatic N) is 3. The molecule has 6 heteroatoms. The summed E-state index contributed by atoms with van der Waals surface area (Å²) in [6, 6.07) is 6.45. The summed E-state index contributed by atoms with van der Waals surface area (Å²) in [4.78, 5) is 3.96. The molecule has 0 saturated heterocycles. The van der Waals surface area contributed by atoms with E-state index in [1.54, 1.807) is 23.1 Å². The van der Waals surface area contributed by atoms with E-state index >= 15 is 0 Å². The van der Waals surface area contributed by atoms with Crippen molar-refractivity contribution >= 4 is 15.9 Å². The maximum Gasteiger partial charge on any atom is 0.137 e. The summed E-state index contributed by atoms with van der Waals surface area (Å²) < 4.78 is 14.9. The van der Waals surface area contributed by atoms with Crippen molar-refractivity contribution in [3.05, 3.63) is 48.3 Å². The molecule has 0 bridgehead atoms. The Hall–Kier alpha value is -1.27. The maximum absolute atomic E-state index is 13.2. The zero-order valence-electron chi connectivity index (χ0n) is 12.4. The van der Waals surface area contributed by atoms with Crippen molar-refractivity contribution in [3.8, 4) is 0 Å². The van der Waals surface area contributed by atoms with Crippen LogP contribution >= 0.6 is 15.9 Å². The van der Waals surface area contributed by atoms with E-state index in [-0.39, 0.29) is 17.2 Å². The Morgan fingerprint density at radius 2 is 2.14 bits per heavy atom. The summed E-state index contributed by atoms with van der Waals surface area (Å²) in [6.45, 7) is 2.46. The van der Waals surface area contributed by atoms with Gasteiger partial charge >= 0.3 is 0 Å². The number of aromatic nitrogens is 3. The largest absolute Gasteiger partial charge is 0.387 e. The summed E-state index contributed by atoms with van der Waals surface area (Å²) in [6.07, 6.45) is 4.84. The van der Waals surface area contributed by atoms with Gasteiger partial charge in [-0.25, -0.2) is 9.37 Å². The van der Waals surface area contributed by atoms with Gasteiger partial charge in [-0.3, -0.25) is 4.68 Å². The van der Waals surface area contributed by atoms with Crippen LogP contribution in [-0.2, 0) is 6.54 Å². The normalized spacial score (nSPS) is 31.5. The van der Waals surface area contributed by atoms with E-state index in [4.69, 9.17) is 0 Å². The molecule has 4 nitrogen and oxygen atoms in total. The predicted octanol–water partition coefficient (Wildman–Crippen LogP) is 3.13. The third-order valence-corrected chi connectivity index (χ3v) is 6.28. The van der Waals surface area contributed by atoms with E-state index < -0.39 is 5.60 Å². The van der Waals surface area contributed by atoms with Gasteiger partial charge in [0.1, 0.15) is 18.5 Å². The van der Waals surface area contributed by atoms with Gasteiger partial charge in [-0.15, -0.1) is 0 Å². The number of hydrogen-bond acceptors (Lipinski definition) is 3. The standard InChI is InChI=1S/C16H19BrFN3O/c1-15(8-17)7-6-14(12-2-4-13(18)5-3-12)16(15,22)9-21-11-19-10-20-21/h2-5,10-11,14,22H,6-9H2,1H3/t14-,15+,16+/m0/s1. The van der Waals surface area contributed by atoms with Gasteiger partial charge in [0, 0.05) is 16.7 Å². The molecule has 1 aromatic heterocycles. The number of alkyl halides is 1. The van der Waals surface area contributed by atoms with Crippen molar-refractivity contribution in [3.63, 3.8) is 0 Å². The number of halogens is 2. The lowest BCUT2D eigenvalue weighted by Gasteiger charge is -2.42. The Morgan fingerprint density at radius 1 is 1.41 bits per heavy atom. The van der Waals surface area contributed by atoms with Crippen molar-refractivity contribution < 1.29 is 9.50 Å². The second-order valence-corrected chi connectivity index (χ2v) is 6.92. The van der Waals surface area contributed by atoms with Crippen molar-refractivity contribution in [1.29, 1.82) is 0 Å². The zero-order valence-corrected chi connectivity index (χ0v) is 14.0. The molecule has 118 valence electrons. The van der Waals surface area contributed by atoms with Crippen molar-refractivity contribution in [2.24, 2.45) is 5.41 Å². The lowest BCUT2D eigenvalue weighted by Crippen LogP contribution is -2.50. The van der Waals surface area contributed by atoms with E-state index in [1.165, 1.54) is 18.5 Å². The summed E-state index contributed by atoms with van der Waals surface area (Å²) in [5.74, 6) is -0.315. The molecule has 1 heterocycles. The van der Waals surface area contributed by atoms with Crippen molar-refractivity contribution in [2.45, 2.75) is 37.8 Å². The Balaban J connectivity index is 1.99. The second-order valence-electron chi connectivity index (χ2n) is 6.35. The summed E-state index contributed by atoms with van der Waals surface area (Å²) >= 11 is 3.56. The van der Waals surface area contributed by atoms with Crippen LogP contribution in [0.4, 0.5) is 4.39 Å². The van der Waals surface area contributed by atoms with E-state index in [0.29, 0.717) is 11.9 Å². The highest BCUT2D eigenvalue weighted by molar-refractivity contribution is 9.09. The Morgan fingerprint density at radius 3 is 2.73 bits per heavy atom. The number of rotatable bonds is 4. The maximum atomic E-state index is 13.2. The lowest BCUT2D eigenvalue weighted by atomic mass is 9.72. The highest BCUT2D eigenvalue weighted by atomic mass is 79.9. The van der Waals surface area contributed by atoms with Crippen LogP contribution in [-0.4, -0.2) is 30.8 Å². The first kappa shape index (κ1) is 15.6. The van der Waals surface area contributed by atoms with Gasteiger partial charge in [-0.05, 0) is 30.5 Å². The molecule has 1 saturated carbocycles. The van der Waals surface area contributed by atoms with Crippen LogP contribution < -0.4 is 0 Å². The smallest absolute Gasteiger partial charge is 0.137 e. The molecule has 0 spiro atoms. The molecule has 0 radical (unpaired) electrons. The molecule has 1 aliphatic carbocycles. The quantitative estimate of drug-likeness (QED) is 0.844. The first-order valence-corrected chi connectivity index (χ1v) is 8.47. The molecule has 0 unspecified atom stereocenters. The topological polar surface area (TPSA) is 50.9 Å². The van der Waals surface area contributed by atoms with Gasteiger partial charge in [0.25, 0.3) is 0 Å². The molecule has 0 aliphatic heterocycles. The SMILES string of the molecule is C[C@]1(CBr)CC[C@@H](c2ccc(F)cc2)[C@]1(O)Cn1cncn1. The first-order chi connectivity index (χ1) is 10.5. The van der Waals surface area contributed by atoms with Gasteiger partial charge < -0.3 is 5.11 Å². The van der Waals surface area contributed by atoms with Crippen LogP contribution in [0.2, 0.25) is 0 Å². The second kappa shape index (κ2) is 5.74. The molecule has 3 rings (SSSR count). The van der Waals surface area contributed by atoms with Crippen molar-refractivity contribution in [2.75, 3.05) is 5.33 Å². The molecular weight excluding hydrogens is 349 g/mol. The highest BCUT2D eigenvalue weighted by Gasteiger charge is 2.56. The molecule has 2 aromatic rings. The van der Waals surface area contributed by atoms with Crippen LogP contribution in [0, 0.1) is 11.2 Å². The average Bonchev–Trinajstić information content (AvgIpc) is 3.09. The molecule has 22 heavy (non-hydrogen) atoms. The highest BCUT2D eigenvalue weighted by Crippen LogP contribution is 2.55. The Labute approximate surface area is 137 Å². The molecule has 3 atom stereocenters. The van der Waals surface area contributed by atoms with Gasteiger partial charge in [-0.2, -0.15) is 5.10 Å². The number of aliphatic hydroxyl groups is 1. The molecule has 1 aromatic carbocycles. The molecule has 1 fully saturated rings. The Kier molecular flexibility index (Phi) is 4.07. The third kappa shape index (κ3) is 2.48. The third-order valence-electron chi connectivity index (χ3n) is 5.04. The lowest BCUT2D eigenvalue weighted by molar-refractivity contribution is -0.0684. The molecule has 1 aliphatic rings. The van der Waals surface area contributed by atoms with Gasteiger partial charge in [0.15, 0.2) is 0 Å². The average molecular weight is 368 g/mol. The van der Waals surface area contributed by atoms with Crippen LogP contribution in [0.1, 0.15) is 31.2 Å². The molecular formula is C16H19BrFN3O. The fraction of sp³-hybridized carbons (Fsp3) is 0.500. The van der Waals surface area contributed by atoms with E-state index in [0.717, 1.165) is 18.4 Å². The van der Waals surface area contributed by atoms with Crippen LogP contribution in [0.25, 0.3) is 0 Å². The fourth-order valence-corrected chi connectivity index (χ4v) is 4.29. The van der Waals surface area contributed by atoms with E-state index in [2.05, 4.69) is 32.9 Å². The predicted molar refractivity (Wildman–Crippen MR) is 85.2 cm³/mol. The van der Waals surface area contributed by atoms with Gasteiger partial charge in [0.05, 0.1) is 12.1 Å². The van der Waals surface area contributed by atoms with Gasteiger partial charge in [-0.1, -0.05) is 35.0 Å². The van der Waals surface area contributed by atoms with Crippen LogP contribution in [0.3, 0.4) is 0 Å². The summed E-state index contributed by atoms with van der Waals surface area (Å²) in [5, 5.41) is 16.4. The summed E-state index contributed by atoms with van der Waals surface area (Å²) in [5.41, 5.74) is -0.284. The number of hydrogen-bond donors (Lipinski definition) is 1. The summed E-state index contributed by atoms with van der Waals surface area (Å²) in [7, 11) is 0. The van der Waals surface area contributed by atoms with E-state index in [9.17, 15) is 9.50 Å². The van der Waals surface area contributed by atoms with Crippen molar-refractivity contribution in [1.82, 2.24) is 14.8 Å². The monoisotopic (exact) mass is 367 g/mol. The van der Waals surface area contributed by atoms with Gasteiger partial charge in [0.2, 0.25) is 0 Å². The van der Waals surface area contributed by atoms with E-state index in [1.807, 2.05) is 0 Å². The first-order valence-electron chi connectivity index (χ1n) is 7.35. The van der Waals surface area contributed by atoms with Crippen LogP contribution in [0.5, 0.6) is 0 Å². The molecule has 1 N–H and O–H groups in total. The molecule has 0 amide bonds. The minimum Gasteiger partial charge on any atom is -0.387 e. The minimum absolute atomic E-state index is 0.0557. The number of benzene rings is 1.